The molecule has 0 bridgehead atoms. The molecule has 1 unspecified atom stereocenters. The van der Waals surface area contributed by atoms with Gasteiger partial charge in [0.05, 0.1) is 11.0 Å². The Bertz CT molecular complexity index is 546. The summed E-state index contributed by atoms with van der Waals surface area (Å²) in [5.41, 5.74) is 5.51. The topological polar surface area (TPSA) is 117 Å². The van der Waals surface area contributed by atoms with Gasteiger partial charge in [-0.1, -0.05) is 6.92 Å². The van der Waals surface area contributed by atoms with Crippen LogP contribution in [-0.4, -0.2) is 23.7 Å². The lowest BCUT2D eigenvalue weighted by Crippen LogP contribution is -2.26. The zero-order valence-corrected chi connectivity index (χ0v) is 10.9. The van der Waals surface area contributed by atoms with Crippen molar-refractivity contribution in [3.63, 3.8) is 0 Å². The molecule has 1 aliphatic heterocycles. The van der Waals surface area contributed by atoms with Gasteiger partial charge in [-0.05, 0) is 6.42 Å². The lowest BCUT2D eigenvalue weighted by molar-refractivity contribution is -0.384. The van der Waals surface area contributed by atoms with Crippen molar-refractivity contribution >= 4 is 17.3 Å². The van der Waals surface area contributed by atoms with Crippen LogP contribution in [0.3, 0.4) is 0 Å². The van der Waals surface area contributed by atoms with Crippen LogP contribution in [0.1, 0.15) is 19.8 Å². The first kappa shape index (κ1) is 14.1. The average molecular weight is 281 g/mol. The minimum atomic E-state index is -0.586. The zero-order valence-electron chi connectivity index (χ0n) is 10.9. The number of nitrogens with one attached hydrogen (secondary N) is 1. The van der Waals surface area contributed by atoms with Gasteiger partial charge in [-0.15, -0.1) is 0 Å². The third kappa shape index (κ3) is 2.97. The Hall–Kier alpha value is -2.35. The van der Waals surface area contributed by atoms with E-state index in [2.05, 4.69) is 5.32 Å². The van der Waals surface area contributed by atoms with E-state index in [0.717, 1.165) is 0 Å². The van der Waals surface area contributed by atoms with Gasteiger partial charge < -0.3 is 20.5 Å². The number of carbonyl (C=O) groups excluding carboxylic acids is 1. The summed E-state index contributed by atoms with van der Waals surface area (Å²) in [5.74, 6) is 0.284. The van der Waals surface area contributed by atoms with Gasteiger partial charge in [0.1, 0.15) is 5.69 Å². The van der Waals surface area contributed by atoms with Gasteiger partial charge in [-0.25, -0.2) is 0 Å². The van der Waals surface area contributed by atoms with Crippen molar-refractivity contribution in [3.8, 4) is 11.5 Å². The van der Waals surface area contributed by atoms with Gasteiger partial charge in [0, 0.05) is 18.5 Å². The van der Waals surface area contributed by atoms with Crippen LogP contribution in [0.2, 0.25) is 0 Å². The van der Waals surface area contributed by atoms with Crippen molar-refractivity contribution < 1.29 is 19.2 Å². The van der Waals surface area contributed by atoms with Crippen molar-refractivity contribution in [2.24, 2.45) is 5.73 Å². The van der Waals surface area contributed by atoms with Crippen LogP contribution in [0.5, 0.6) is 11.5 Å². The minimum Gasteiger partial charge on any atom is -0.454 e. The standard InChI is InChI=1S/C12H15N3O5/c1-2-7(13)3-12(16)14-8-4-10-11(20-6-19-10)5-9(8)15(17)18/h4-5,7H,2-3,6,13H2,1H3,(H,14,16). The van der Waals surface area contributed by atoms with Crippen molar-refractivity contribution in [1.82, 2.24) is 0 Å². The summed E-state index contributed by atoms with van der Waals surface area (Å²) in [6, 6.07) is 2.34. The number of hydrogen-bond acceptors (Lipinski definition) is 6. The molecule has 1 aromatic rings. The molecule has 0 aliphatic carbocycles. The number of fused-ring (bicyclic) bond motifs is 1. The molecule has 20 heavy (non-hydrogen) atoms. The lowest BCUT2D eigenvalue weighted by atomic mass is 10.1. The van der Waals surface area contributed by atoms with Crippen LogP contribution in [-0.2, 0) is 4.79 Å². The lowest BCUT2D eigenvalue weighted by Gasteiger charge is -2.10. The highest BCUT2D eigenvalue weighted by molar-refractivity contribution is 5.94. The molecule has 0 spiro atoms. The van der Waals surface area contributed by atoms with E-state index in [1.165, 1.54) is 12.1 Å². The minimum absolute atomic E-state index is 0.00456. The van der Waals surface area contributed by atoms with E-state index in [9.17, 15) is 14.9 Å². The third-order valence-corrected chi connectivity index (χ3v) is 2.93. The van der Waals surface area contributed by atoms with Gasteiger partial charge in [-0.2, -0.15) is 0 Å². The number of rotatable bonds is 5. The number of benzene rings is 1. The van der Waals surface area contributed by atoms with Crippen LogP contribution >= 0.6 is 0 Å². The Morgan fingerprint density at radius 1 is 1.50 bits per heavy atom. The van der Waals surface area contributed by atoms with Gasteiger partial charge in [0.25, 0.3) is 5.69 Å². The highest BCUT2D eigenvalue weighted by Crippen LogP contribution is 2.40. The first-order chi connectivity index (χ1) is 9.51. The fourth-order valence-electron chi connectivity index (χ4n) is 1.77. The second kappa shape index (κ2) is 5.74. The van der Waals surface area contributed by atoms with Crippen molar-refractivity contribution in [1.29, 1.82) is 0 Å². The first-order valence-electron chi connectivity index (χ1n) is 6.14. The number of ether oxygens (including phenoxy) is 2. The molecule has 108 valence electrons. The van der Waals surface area contributed by atoms with Crippen LogP contribution in [0, 0.1) is 10.1 Å². The number of amides is 1. The van der Waals surface area contributed by atoms with Gasteiger partial charge in [0.15, 0.2) is 11.5 Å². The van der Waals surface area contributed by atoms with Crippen molar-refractivity contribution in [3.05, 3.63) is 22.2 Å². The molecule has 3 N–H and O–H groups in total. The van der Waals surface area contributed by atoms with Gasteiger partial charge in [0.2, 0.25) is 12.7 Å². The molecule has 0 saturated carbocycles. The Morgan fingerprint density at radius 2 is 2.15 bits per heavy atom. The zero-order chi connectivity index (χ0) is 14.7. The Morgan fingerprint density at radius 3 is 2.75 bits per heavy atom. The number of nitrogens with two attached hydrogens (primary N) is 1. The monoisotopic (exact) mass is 281 g/mol. The summed E-state index contributed by atoms with van der Waals surface area (Å²) in [4.78, 5) is 22.2. The van der Waals surface area contributed by atoms with E-state index in [4.69, 9.17) is 15.2 Å². The number of nitro groups is 1. The third-order valence-electron chi connectivity index (χ3n) is 2.93. The molecule has 0 aromatic heterocycles. The normalized spacial score (nSPS) is 13.9. The summed E-state index contributed by atoms with van der Waals surface area (Å²) in [6.45, 7) is 1.87. The van der Waals surface area contributed by atoms with E-state index in [-0.39, 0.29) is 36.5 Å². The molecule has 0 radical (unpaired) electrons. The molecule has 8 nitrogen and oxygen atoms in total. The number of carbonyl (C=O) groups is 1. The number of nitro benzene ring substituents is 1. The molecule has 1 heterocycles. The molecular weight excluding hydrogens is 266 g/mol. The average Bonchev–Trinajstić information content (AvgIpc) is 2.84. The highest BCUT2D eigenvalue weighted by atomic mass is 16.7. The summed E-state index contributed by atoms with van der Waals surface area (Å²) < 4.78 is 10.2. The molecule has 1 atom stereocenters. The molecule has 8 heteroatoms. The van der Waals surface area contributed by atoms with E-state index < -0.39 is 4.92 Å². The molecule has 1 aliphatic rings. The van der Waals surface area contributed by atoms with Crippen LogP contribution in [0.25, 0.3) is 0 Å². The van der Waals surface area contributed by atoms with E-state index in [1.807, 2.05) is 6.92 Å². The molecule has 2 rings (SSSR count). The SMILES string of the molecule is CCC(N)CC(=O)Nc1cc2c(cc1[N+](=O)[O-])OCO2. The fraction of sp³-hybridized carbons (Fsp3) is 0.417. The van der Waals surface area contributed by atoms with Crippen LogP contribution in [0.15, 0.2) is 12.1 Å². The summed E-state index contributed by atoms with van der Waals surface area (Å²) in [7, 11) is 0. The maximum Gasteiger partial charge on any atom is 0.296 e. The second-order valence-electron chi connectivity index (χ2n) is 4.40. The quantitative estimate of drug-likeness (QED) is 0.622. The Balaban J connectivity index is 2.22. The Labute approximate surface area is 115 Å². The van der Waals surface area contributed by atoms with E-state index >= 15 is 0 Å². The maximum absolute atomic E-state index is 11.8. The van der Waals surface area contributed by atoms with Crippen LogP contribution in [0.4, 0.5) is 11.4 Å². The van der Waals surface area contributed by atoms with E-state index in [1.54, 1.807) is 0 Å². The predicted molar refractivity (Wildman–Crippen MR) is 70.7 cm³/mol. The molecule has 1 aromatic carbocycles. The van der Waals surface area contributed by atoms with Crippen molar-refractivity contribution in [2.45, 2.75) is 25.8 Å². The number of anilines is 1. The summed E-state index contributed by atoms with van der Waals surface area (Å²) in [5, 5.41) is 13.5. The maximum atomic E-state index is 11.8. The molecule has 1 amide bonds. The molecule has 0 saturated heterocycles. The predicted octanol–water partition coefficient (Wildman–Crippen LogP) is 1.39. The number of nitrogens with zero attached hydrogens (tertiary/aromatic N) is 1. The summed E-state index contributed by atoms with van der Waals surface area (Å²) >= 11 is 0. The van der Waals surface area contributed by atoms with Gasteiger partial charge in [-0.3, -0.25) is 14.9 Å². The second-order valence-corrected chi connectivity index (χ2v) is 4.40. The number of hydrogen-bond donors (Lipinski definition) is 2. The fourth-order valence-corrected chi connectivity index (χ4v) is 1.77. The van der Waals surface area contributed by atoms with Crippen molar-refractivity contribution in [2.75, 3.05) is 12.1 Å². The molecule has 0 fully saturated rings. The molecular formula is C12H15N3O5. The summed E-state index contributed by atoms with van der Waals surface area (Å²) in [6.07, 6.45) is 0.749. The smallest absolute Gasteiger partial charge is 0.296 e. The van der Waals surface area contributed by atoms with Gasteiger partial charge >= 0.3 is 0 Å². The highest BCUT2D eigenvalue weighted by Gasteiger charge is 2.24. The first-order valence-corrected chi connectivity index (χ1v) is 6.14. The van der Waals surface area contributed by atoms with Crippen LogP contribution < -0.4 is 20.5 Å². The largest absolute Gasteiger partial charge is 0.454 e. The van der Waals surface area contributed by atoms with E-state index in [0.29, 0.717) is 17.9 Å². The Kier molecular flexibility index (Phi) is 4.04.